The van der Waals surface area contributed by atoms with E-state index in [1.165, 1.54) is 0 Å². The van der Waals surface area contributed by atoms with Crippen molar-refractivity contribution in [3.8, 4) is 0 Å². The minimum Gasteiger partial charge on any atom is -0.466 e. The average molecular weight is 375 g/mol. The highest BCUT2D eigenvalue weighted by Crippen LogP contribution is 2.40. The second-order valence-corrected chi connectivity index (χ2v) is 5.08. The Kier molecular flexibility index (Phi) is 5.55. The maximum Gasteiger partial charge on any atom is 0.355 e. The van der Waals surface area contributed by atoms with Gasteiger partial charge in [0.05, 0.1) is 31.3 Å². The summed E-state index contributed by atoms with van der Waals surface area (Å²) in [5.74, 6) is -2.84. The van der Waals surface area contributed by atoms with Gasteiger partial charge in [0.25, 0.3) is 5.69 Å². The Morgan fingerprint density at radius 3 is 2.52 bits per heavy atom. The van der Waals surface area contributed by atoms with Gasteiger partial charge in [-0.3, -0.25) is 10.1 Å². The molecular formula is C14H12ClFN2O7. The van der Waals surface area contributed by atoms with Crippen molar-refractivity contribution in [2.45, 2.75) is 0 Å². The lowest BCUT2D eigenvalue weighted by Crippen LogP contribution is -2.39. The predicted octanol–water partition coefficient (Wildman–Crippen LogP) is 1.78. The average Bonchev–Trinajstić information content (AvgIpc) is 2.61. The van der Waals surface area contributed by atoms with Gasteiger partial charge in [-0.05, 0) is 6.07 Å². The van der Waals surface area contributed by atoms with Crippen LogP contribution in [0, 0.1) is 15.9 Å². The van der Waals surface area contributed by atoms with E-state index in [1.54, 1.807) is 0 Å². The van der Waals surface area contributed by atoms with E-state index in [2.05, 4.69) is 9.47 Å². The Bertz CT molecular complexity index is 781. The molecule has 1 aliphatic rings. The fourth-order valence-electron chi connectivity index (χ4n) is 2.25. The van der Waals surface area contributed by atoms with E-state index in [0.717, 1.165) is 31.3 Å². The highest BCUT2D eigenvalue weighted by molar-refractivity contribution is 6.34. The predicted molar refractivity (Wildman–Crippen MR) is 82.4 cm³/mol. The van der Waals surface area contributed by atoms with Gasteiger partial charge in [-0.15, -0.1) is 0 Å². The van der Waals surface area contributed by atoms with Crippen LogP contribution in [0.15, 0.2) is 23.4 Å². The first-order chi connectivity index (χ1) is 11.8. The quantitative estimate of drug-likeness (QED) is 0.446. The number of nitro benzene ring substituents is 1. The maximum absolute atomic E-state index is 13.9. The molecule has 0 aliphatic carbocycles. The second-order valence-electron chi connectivity index (χ2n) is 4.70. The number of benzene rings is 1. The van der Waals surface area contributed by atoms with Gasteiger partial charge in [-0.25, -0.2) is 14.0 Å². The van der Waals surface area contributed by atoms with Crippen molar-refractivity contribution in [3.05, 3.63) is 44.4 Å². The van der Waals surface area contributed by atoms with Gasteiger partial charge in [-0.1, -0.05) is 11.6 Å². The zero-order valence-electron chi connectivity index (χ0n) is 13.1. The molecule has 1 aromatic carbocycles. The molecule has 0 spiro atoms. The van der Waals surface area contributed by atoms with Gasteiger partial charge >= 0.3 is 11.9 Å². The number of ether oxygens (including phenoxy) is 3. The van der Waals surface area contributed by atoms with E-state index >= 15 is 0 Å². The number of nitro groups is 1. The topological polar surface area (TPSA) is 108 Å². The summed E-state index contributed by atoms with van der Waals surface area (Å²) in [6, 6.07) is 1.70. The van der Waals surface area contributed by atoms with Crippen LogP contribution in [0.1, 0.15) is 0 Å². The van der Waals surface area contributed by atoms with Gasteiger partial charge in [0.15, 0.2) is 0 Å². The van der Waals surface area contributed by atoms with Crippen molar-refractivity contribution < 1.29 is 33.1 Å². The third-order valence-corrected chi connectivity index (χ3v) is 3.71. The fraction of sp³-hybridized carbons (Fsp3) is 0.286. The number of halogens is 2. The lowest BCUT2D eigenvalue weighted by molar-refractivity contribution is -0.384. The number of hydrogen-bond donors (Lipinski definition) is 0. The SMILES string of the molecule is COC(=O)C1=C(C(=O)OC)N(c2c([N+](=O)[O-])ccc(F)c2Cl)COC1. The Hall–Kier alpha value is -2.72. The molecule has 0 saturated heterocycles. The van der Waals surface area contributed by atoms with Crippen LogP contribution in [0.2, 0.25) is 5.02 Å². The number of esters is 2. The van der Waals surface area contributed by atoms with Crippen LogP contribution in [0.25, 0.3) is 0 Å². The Balaban J connectivity index is 2.76. The van der Waals surface area contributed by atoms with Crippen LogP contribution in [0.4, 0.5) is 15.8 Å². The number of hydrogen-bond acceptors (Lipinski definition) is 8. The molecule has 0 unspecified atom stereocenters. The largest absolute Gasteiger partial charge is 0.466 e. The summed E-state index contributed by atoms with van der Waals surface area (Å²) in [6.45, 7) is -0.691. The number of carbonyl (C=O) groups excluding carboxylic acids is 2. The summed E-state index contributed by atoms with van der Waals surface area (Å²) >= 11 is 5.88. The molecule has 0 amide bonds. The third-order valence-electron chi connectivity index (χ3n) is 3.35. The number of rotatable bonds is 4. The fourth-order valence-corrected chi connectivity index (χ4v) is 2.52. The molecule has 1 aromatic rings. The molecule has 0 bridgehead atoms. The lowest BCUT2D eigenvalue weighted by atomic mass is 10.1. The molecule has 25 heavy (non-hydrogen) atoms. The highest BCUT2D eigenvalue weighted by Gasteiger charge is 2.37. The Morgan fingerprint density at radius 1 is 1.32 bits per heavy atom. The van der Waals surface area contributed by atoms with Crippen LogP contribution in [-0.2, 0) is 23.8 Å². The molecule has 0 fully saturated rings. The third kappa shape index (κ3) is 3.39. The van der Waals surface area contributed by atoms with Crippen molar-refractivity contribution in [3.63, 3.8) is 0 Å². The smallest absolute Gasteiger partial charge is 0.355 e. The van der Waals surface area contributed by atoms with Crippen molar-refractivity contribution in [1.29, 1.82) is 0 Å². The zero-order chi connectivity index (χ0) is 18.7. The summed E-state index contributed by atoms with van der Waals surface area (Å²) < 4.78 is 28.3. The van der Waals surface area contributed by atoms with Crippen LogP contribution in [0.5, 0.6) is 0 Å². The number of nitrogens with zero attached hydrogens (tertiary/aromatic N) is 2. The van der Waals surface area contributed by atoms with E-state index in [1.807, 2.05) is 0 Å². The van der Waals surface area contributed by atoms with Crippen molar-refractivity contribution in [2.75, 3.05) is 32.5 Å². The monoisotopic (exact) mass is 374 g/mol. The normalized spacial score (nSPS) is 14.3. The highest BCUT2D eigenvalue weighted by atomic mass is 35.5. The minimum atomic E-state index is -0.988. The molecule has 0 saturated carbocycles. The van der Waals surface area contributed by atoms with Crippen LogP contribution in [-0.4, -0.2) is 44.4 Å². The van der Waals surface area contributed by atoms with Crippen LogP contribution in [0.3, 0.4) is 0 Å². The molecule has 0 N–H and O–H groups in total. The first kappa shape index (κ1) is 18.6. The molecule has 0 radical (unpaired) electrons. The molecule has 134 valence electrons. The van der Waals surface area contributed by atoms with Gasteiger partial charge in [0, 0.05) is 6.07 Å². The van der Waals surface area contributed by atoms with Crippen molar-refractivity contribution in [1.82, 2.24) is 0 Å². The van der Waals surface area contributed by atoms with Crippen LogP contribution >= 0.6 is 11.6 Å². The molecule has 1 aliphatic heterocycles. The summed E-state index contributed by atoms with van der Waals surface area (Å²) in [5, 5.41) is 10.7. The summed E-state index contributed by atoms with van der Waals surface area (Å²) in [6.07, 6.45) is 0. The van der Waals surface area contributed by atoms with Gasteiger partial charge in [0.2, 0.25) is 0 Å². The van der Waals surface area contributed by atoms with Crippen LogP contribution < -0.4 is 4.90 Å². The van der Waals surface area contributed by atoms with E-state index in [0.29, 0.717) is 0 Å². The van der Waals surface area contributed by atoms with Gasteiger partial charge in [0.1, 0.15) is 29.0 Å². The summed E-state index contributed by atoms with van der Waals surface area (Å²) in [7, 11) is 2.14. The zero-order valence-corrected chi connectivity index (χ0v) is 13.8. The molecule has 0 atom stereocenters. The van der Waals surface area contributed by atoms with E-state index in [-0.39, 0.29) is 17.9 Å². The van der Waals surface area contributed by atoms with Gasteiger partial charge in [-0.2, -0.15) is 0 Å². The first-order valence-corrected chi connectivity index (χ1v) is 7.08. The standard InChI is InChI=1S/C14H12ClFN2O7/c1-23-13(19)7-5-25-6-17(11(7)14(20)24-2)12-9(18(21)22)4-3-8(16)10(12)15/h3-4H,5-6H2,1-2H3. The molecule has 11 heteroatoms. The number of anilines is 1. The maximum atomic E-state index is 13.9. The van der Waals surface area contributed by atoms with E-state index < -0.39 is 45.8 Å². The Morgan fingerprint density at radius 2 is 1.96 bits per heavy atom. The summed E-state index contributed by atoms with van der Waals surface area (Å²) in [4.78, 5) is 35.5. The van der Waals surface area contributed by atoms with E-state index in [4.69, 9.17) is 16.3 Å². The molecule has 0 aromatic heterocycles. The first-order valence-electron chi connectivity index (χ1n) is 6.70. The second kappa shape index (κ2) is 7.45. The molecule has 2 rings (SSSR count). The lowest BCUT2D eigenvalue weighted by Gasteiger charge is -2.31. The number of methoxy groups -OCH3 is 2. The van der Waals surface area contributed by atoms with Gasteiger partial charge < -0.3 is 19.1 Å². The van der Waals surface area contributed by atoms with Crippen molar-refractivity contribution in [2.24, 2.45) is 0 Å². The summed E-state index contributed by atoms with van der Waals surface area (Å²) in [5.41, 5.74) is -1.64. The molecule has 1 heterocycles. The minimum absolute atomic E-state index is 0.241. The van der Waals surface area contributed by atoms with Crippen molar-refractivity contribution >= 4 is 34.9 Å². The number of carbonyl (C=O) groups is 2. The molecular weight excluding hydrogens is 363 g/mol. The molecule has 9 nitrogen and oxygen atoms in total. The van der Waals surface area contributed by atoms with E-state index in [9.17, 15) is 24.1 Å². The Labute approximate surface area is 145 Å².